The molecule has 0 spiro atoms. The number of hydrogen-bond acceptors (Lipinski definition) is 2. The summed E-state index contributed by atoms with van der Waals surface area (Å²) in [5, 5.41) is 8.49. The first kappa shape index (κ1) is 19.4. The lowest BCUT2D eigenvalue weighted by molar-refractivity contribution is -0.137. The molecule has 0 heterocycles. The van der Waals surface area contributed by atoms with E-state index in [0.717, 1.165) is 44.9 Å². The first-order valence-electron chi connectivity index (χ1n) is 7.89. The van der Waals surface area contributed by atoms with Crippen LogP contribution in [0.3, 0.4) is 0 Å². The van der Waals surface area contributed by atoms with Crippen LogP contribution in [0, 0.1) is 0 Å². The molecule has 0 radical (unpaired) electrons. The van der Waals surface area contributed by atoms with Crippen LogP contribution in [0.25, 0.3) is 0 Å². The third-order valence-electron chi connectivity index (χ3n) is 3.01. The Morgan fingerprint density at radius 2 is 1.62 bits per heavy atom. The Morgan fingerprint density at radius 3 is 2.33 bits per heavy atom. The second kappa shape index (κ2) is 14.8. The number of aliphatic carboxylic acids is 1. The molecular formula is C18H28O3. The quantitative estimate of drug-likeness (QED) is 0.229. The zero-order valence-corrected chi connectivity index (χ0v) is 13.1. The van der Waals surface area contributed by atoms with Crippen LogP contribution in [0.2, 0.25) is 0 Å². The molecule has 0 unspecified atom stereocenters. The van der Waals surface area contributed by atoms with Gasteiger partial charge in [0.25, 0.3) is 0 Å². The largest absolute Gasteiger partial charge is 0.481 e. The highest BCUT2D eigenvalue weighted by Gasteiger charge is 1.95. The van der Waals surface area contributed by atoms with Gasteiger partial charge in [-0.2, -0.15) is 0 Å². The zero-order valence-electron chi connectivity index (χ0n) is 13.1. The van der Waals surface area contributed by atoms with E-state index in [1.165, 1.54) is 0 Å². The van der Waals surface area contributed by atoms with Gasteiger partial charge in [-0.25, -0.2) is 0 Å². The van der Waals surface area contributed by atoms with Crippen molar-refractivity contribution in [2.75, 3.05) is 0 Å². The molecule has 0 aromatic carbocycles. The predicted octanol–water partition coefficient (Wildman–Crippen LogP) is 4.84. The van der Waals surface area contributed by atoms with Gasteiger partial charge in [0.1, 0.15) is 0 Å². The Balaban J connectivity index is 3.45. The number of allylic oxidation sites excluding steroid dienone is 6. The number of carbonyl (C=O) groups is 2. The topological polar surface area (TPSA) is 54.4 Å². The average molecular weight is 292 g/mol. The molecule has 0 saturated carbocycles. The van der Waals surface area contributed by atoms with Crippen molar-refractivity contribution in [2.45, 2.75) is 64.7 Å². The molecule has 118 valence electrons. The summed E-state index contributed by atoms with van der Waals surface area (Å²) in [6.45, 7) is 2.05. The third-order valence-corrected chi connectivity index (χ3v) is 3.01. The summed E-state index contributed by atoms with van der Waals surface area (Å²) in [6, 6.07) is 0. The van der Waals surface area contributed by atoms with E-state index in [1.54, 1.807) is 12.2 Å². The van der Waals surface area contributed by atoms with E-state index in [0.29, 0.717) is 6.42 Å². The maximum absolute atomic E-state index is 11.4. The molecule has 0 aromatic rings. The summed E-state index contributed by atoms with van der Waals surface area (Å²) < 4.78 is 0. The minimum Gasteiger partial charge on any atom is -0.481 e. The Bertz CT molecular complexity index is 365. The van der Waals surface area contributed by atoms with Gasteiger partial charge in [0.15, 0.2) is 5.78 Å². The van der Waals surface area contributed by atoms with E-state index in [1.807, 2.05) is 25.2 Å². The van der Waals surface area contributed by atoms with E-state index in [-0.39, 0.29) is 12.2 Å². The van der Waals surface area contributed by atoms with Crippen molar-refractivity contribution in [2.24, 2.45) is 0 Å². The highest BCUT2D eigenvalue weighted by atomic mass is 16.4. The number of rotatable bonds is 13. The van der Waals surface area contributed by atoms with Crippen LogP contribution in [0.5, 0.6) is 0 Å². The molecule has 1 N–H and O–H groups in total. The van der Waals surface area contributed by atoms with Gasteiger partial charge in [-0.3, -0.25) is 9.59 Å². The van der Waals surface area contributed by atoms with Crippen molar-refractivity contribution in [1.82, 2.24) is 0 Å². The van der Waals surface area contributed by atoms with Crippen molar-refractivity contribution < 1.29 is 14.7 Å². The fourth-order valence-corrected chi connectivity index (χ4v) is 1.84. The number of hydrogen-bond donors (Lipinski definition) is 1. The highest BCUT2D eigenvalue weighted by molar-refractivity contribution is 5.90. The highest BCUT2D eigenvalue weighted by Crippen LogP contribution is 2.07. The molecule has 0 aliphatic heterocycles. The Kier molecular flexibility index (Phi) is 13.6. The lowest BCUT2D eigenvalue weighted by atomic mass is 10.1. The molecule has 0 saturated heterocycles. The second-order valence-corrected chi connectivity index (χ2v) is 5.04. The molecule has 3 nitrogen and oxygen atoms in total. The number of carbonyl (C=O) groups excluding carboxylic acids is 1. The number of carboxylic acids is 1. The van der Waals surface area contributed by atoms with Crippen molar-refractivity contribution in [3.63, 3.8) is 0 Å². The molecule has 0 amide bonds. The number of unbranched alkanes of at least 4 members (excludes halogenated alkanes) is 5. The van der Waals surface area contributed by atoms with Crippen LogP contribution in [0.1, 0.15) is 64.7 Å². The number of ketones is 1. The summed E-state index contributed by atoms with van der Waals surface area (Å²) >= 11 is 0. The minimum absolute atomic E-state index is 0.128. The summed E-state index contributed by atoms with van der Waals surface area (Å²) in [5.41, 5.74) is 0. The van der Waals surface area contributed by atoms with Gasteiger partial charge >= 0.3 is 5.97 Å². The van der Waals surface area contributed by atoms with E-state index in [2.05, 4.69) is 6.08 Å². The number of carboxylic acid groups (broad SMARTS) is 1. The molecule has 21 heavy (non-hydrogen) atoms. The molecule has 0 aliphatic carbocycles. The second-order valence-electron chi connectivity index (χ2n) is 5.04. The van der Waals surface area contributed by atoms with Crippen LogP contribution in [-0.4, -0.2) is 16.9 Å². The molecule has 0 fully saturated rings. The molecule has 3 heteroatoms. The van der Waals surface area contributed by atoms with E-state index >= 15 is 0 Å². The first-order chi connectivity index (χ1) is 10.2. The summed E-state index contributed by atoms with van der Waals surface area (Å²) in [4.78, 5) is 21.7. The molecule has 0 aromatic heterocycles. The van der Waals surface area contributed by atoms with Gasteiger partial charge < -0.3 is 5.11 Å². The predicted molar refractivity (Wildman–Crippen MR) is 87.3 cm³/mol. The average Bonchev–Trinajstić information content (AvgIpc) is 2.44. The van der Waals surface area contributed by atoms with Gasteiger partial charge in [0.05, 0.1) is 0 Å². The summed E-state index contributed by atoms with van der Waals surface area (Å²) in [5.74, 6) is -0.577. The molecule has 0 atom stereocenters. The van der Waals surface area contributed by atoms with Crippen LogP contribution >= 0.6 is 0 Å². The van der Waals surface area contributed by atoms with Crippen LogP contribution in [0.4, 0.5) is 0 Å². The molecule has 0 bridgehead atoms. The zero-order chi connectivity index (χ0) is 15.8. The van der Waals surface area contributed by atoms with Crippen LogP contribution in [0.15, 0.2) is 36.5 Å². The maximum Gasteiger partial charge on any atom is 0.303 e. The molecule has 0 rings (SSSR count). The Labute approximate surface area is 128 Å². The smallest absolute Gasteiger partial charge is 0.303 e. The fraction of sp³-hybridized carbons (Fsp3) is 0.556. The summed E-state index contributed by atoms with van der Waals surface area (Å²) in [6.07, 6.45) is 19.2. The van der Waals surface area contributed by atoms with Gasteiger partial charge in [-0.05, 0) is 31.8 Å². The van der Waals surface area contributed by atoms with E-state index in [4.69, 9.17) is 5.11 Å². The van der Waals surface area contributed by atoms with Crippen molar-refractivity contribution in [3.05, 3.63) is 36.5 Å². The van der Waals surface area contributed by atoms with E-state index < -0.39 is 5.97 Å². The van der Waals surface area contributed by atoms with Gasteiger partial charge in [-0.1, -0.05) is 56.6 Å². The van der Waals surface area contributed by atoms with Crippen molar-refractivity contribution >= 4 is 11.8 Å². The molecule has 0 aliphatic rings. The Morgan fingerprint density at radius 1 is 0.905 bits per heavy atom. The SMILES string of the molecule is CCC=CCC(=O)/C=C/C=CCCCCCCCC(=O)O. The van der Waals surface area contributed by atoms with Crippen LogP contribution in [-0.2, 0) is 9.59 Å². The van der Waals surface area contributed by atoms with Gasteiger partial charge in [0.2, 0.25) is 0 Å². The lowest BCUT2D eigenvalue weighted by Gasteiger charge is -1.97. The van der Waals surface area contributed by atoms with E-state index in [9.17, 15) is 9.59 Å². The third kappa shape index (κ3) is 16.3. The van der Waals surface area contributed by atoms with Crippen molar-refractivity contribution in [3.8, 4) is 0 Å². The minimum atomic E-state index is -0.704. The normalized spacial score (nSPS) is 11.9. The summed E-state index contributed by atoms with van der Waals surface area (Å²) in [7, 11) is 0. The van der Waals surface area contributed by atoms with Gasteiger partial charge in [-0.15, -0.1) is 0 Å². The monoisotopic (exact) mass is 292 g/mol. The molecular weight excluding hydrogens is 264 g/mol. The van der Waals surface area contributed by atoms with Crippen molar-refractivity contribution in [1.29, 1.82) is 0 Å². The standard InChI is InChI=1S/C18H28O3/c1-2-3-11-14-17(19)15-12-9-7-5-4-6-8-10-13-16-18(20)21/h3,7,9,11-12,15H,2,4-6,8,10,13-14,16H2,1H3,(H,20,21)/b9-7?,11-3?,15-12+. The maximum atomic E-state index is 11.4. The lowest BCUT2D eigenvalue weighted by Crippen LogP contribution is -1.93. The Hall–Kier alpha value is -1.64. The van der Waals surface area contributed by atoms with Crippen LogP contribution < -0.4 is 0 Å². The first-order valence-corrected chi connectivity index (χ1v) is 7.89. The fourth-order valence-electron chi connectivity index (χ4n) is 1.84. The van der Waals surface area contributed by atoms with Gasteiger partial charge in [0, 0.05) is 12.8 Å².